The third-order valence-corrected chi connectivity index (χ3v) is 4.17. The molecule has 2 nitrogen and oxygen atoms in total. The average Bonchev–Trinajstić information content (AvgIpc) is 2.39. The van der Waals surface area contributed by atoms with Crippen molar-refractivity contribution in [2.45, 2.75) is 13.0 Å². The van der Waals surface area contributed by atoms with Crippen LogP contribution in [0.1, 0.15) is 17.2 Å². The summed E-state index contributed by atoms with van der Waals surface area (Å²) in [7, 11) is 0. The zero-order valence-electron chi connectivity index (χ0n) is 10.4. The van der Waals surface area contributed by atoms with Gasteiger partial charge in [-0.15, -0.1) is 0 Å². The molecule has 2 aromatic rings. The molecule has 0 fully saturated rings. The highest BCUT2D eigenvalue weighted by Gasteiger charge is 2.24. The van der Waals surface area contributed by atoms with Gasteiger partial charge in [-0.2, -0.15) is 0 Å². The summed E-state index contributed by atoms with van der Waals surface area (Å²) in [6, 6.07) is 12.0. The van der Waals surface area contributed by atoms with Crippen molar-refractivity contribution in [2.75, 3.05) is 11.9 Å². The minimum Gasteiger partial charge on any atom is -0.481 e. The fourth-order valence-corrected chi connectivity index (χ4v) is 3.13. The first kappa shape index (κ1) is 12.8. The molecule has 1 N–H and O–H groups in total. The van der Waals surface area contributed by atoms with Gasteiger partial charge in [-0.05, 0) is 30.7 Å². The Kier molecular flexibility index (Phi) is 3.42. The molecule has 1 unspecified atom stereocenters. The third-order valence-electron chi connectivity index (χ3n) is 3.23. The smallest absolute Gasteiger partial charge is 0.146 e. The standard InChI is InChI=1S/C15H13BrClNO/c1-9-6-10(17)7-13-15(9)19-14(8-18-13)11-4-2-3-5-12(11)16/h2-7,14,18H,8H2,1H3. The lowest BCUT2D eigenvalue weighted by Gasteiger charge is -2.29. The van der Waals surface area contributed by atoms with E-state index in [-0.39, 0.29) is 6.10 Å². The Labute approximate surface area is 125 Å². The van der Waals surface area contributed by atoms with E-state index >= 15 is 0 Å². The quantitative estimate of drug-likeness (QED) is 0.794. The molecule has 1 aliphatic rings. The molecule has 0 aliphatic carbocycles. The first-order valence-electron chi connectivity index (χ1n) is 6.10. The predicted octanol–water partition coefficient (Wildman–Crippen LogP) is 4.96. The number of nitrogens with one attached hydrogen (secondary N) is 1. The Bertz CT molecular complexity index is 630. The summed E-state index contributed by atoms with van der Waals surface area (Å²) in [6.07, 6.45) is 0.00273. The average molecular weight is 339 g/mol. The molecule has 1 heterocycles. The summed E-state index contributed by atoms with van der Waals surface area (Å²) >= 11 is 9.63. The van der Waals surface area contributed by atoms with Crippen molar-refractivity contribution in [2.24, 2.45) is 0 Å². The van der Waals surface area contributed by atoms with Gasteiger partial charge >= 0.3 is 0 Å². The molecule has 19 heavy (non-hydrogen) atoms. The van der Waals surface area contributed by atoms with E-state index in [0.717, 1.165) is 38.6 Å². The van der Waals surface area contributed by atoms with E-state index in [0.29, 0.717) is 0 Å². The number of anilines is 1. The first-order chi connectivity index (χ1) is 9.15. The van der Waals surface area contributed by atoms with Crippen LogP contribution in [-0.2, 0) is 0 Å². The maximum absolute atomic E-state index is 6.13. The van der Waals surface area contributed by atoms with Crippen LogP contribution in [0.3, 0.4) is 0 Å². The molecule has 0 aromatic heterocycles. The summed E-state index contributed by atoms with van der Waals surface area (Å²) in [4.78, 5) is 0. The van der Waals surface area contributed by atoms with Crippen molar-refractivity contribution in [3.05, 3.63) is 57.0 Å². The van der Waals surface area contributed by atoms with Crippen molar-refractivity contribution in [1.29, 1.82) is 0 Å². The fraction of sp³-hybridized carbons (Fsp3) is 0.200. The molecular formula is C15H13BrClNO. The molecule has 0 bridgehead atoms. The number of fused-ring (bicyclic) bond motifs is 1. The Morgan fingerprint density at radius 3 is 2.89 bits per heavy atom. The van der Waals surface area contributed by atoms with E-state index in [2.05, 4.69) is 27.3 Å². The van der Waals surface area contributed by atoms with Gasteiger partial charge in [0.2, 0.25) is 0 Å². The maximum atomic E-state index is 6.13. The van der Waals surface area contributed by atoms with Gasteiger partial charge < -0.3 is 10.1 Å². The van der Waals surface area contributed by atoms with E-state index in [9.17, 15) is 0 Å². The molecule has 0 amide bonds. The van der Waals surface area contributed by atoms with Crippen LogP contribution in [0.25, 0.3) is 0 Å². The lowest BCUT2D eigenvalue weighted by atomic mass is 10.1. The zero-order valence-corrected chi connectivity index (χ0v) is 12.8. The number of benzene rings is 2. The molecule has 0 radical (unpaired) electrons. The molecule has 0 saturated heterocycles. The van der Waals surface area contributed by atoms with Crippen molar-refractivity contribution in [3.8, 4) is 5.75 Å². The highest BCUT2D eigenvalue weighted by atomic mass is 79.9. The fourth-order valence-electron chi connectivity index (χ4n) is 2.31. The highest BCUT2D eigenvalue weighted by molar-refractivity contribution is 9.10. The largest absolute Gasteiger partial charge is 0.481 e. The second-order valence-corrected chi connectivity index (χ2v) is 5.90. The Morgan fingerprint density at radius 2 is 2.11 bits per heavy atom. The summed E-state index contributed by atoms with van der Waals surface area (Å²) < 4.78 is 7.20. The van der Waals surface area contributed by atoms with Gasteiger partial charge in [0.25, 0.3) is 0 Å². The minimum absolute atomic E-state index is 0.00273. The van der Waals surface area contributed by atoms with Gasteiger partial charge in [0.15, 0.2) is 0 Å². The van der Waals surface area contributed by atoms with Crippen LogP contribution >= 0.6 is 27.5 Å². The van der Waals surface area contributed by atoms with Crippen molar-refractivity contribution < 1.29 is 4.74 Å². The topological polar surface area (TPSA) is 21.3 Å². The van der Waals surface area contributed by atoms with E-state index in [1.54, 1.807) is 0 Å². The number of hydrogen-bond acceptors (Lipinski definition) is 2. The highest BCUT2D eigenvalue weighted by Crippen LogP contribution is 2.40. The molecular weight excluding hydrogens is 326 g/mol. The van der Waals surface area contributed by atoms with Crippen LogP contribution in [0.2, 0.25) is 5.02 Å². The van der Waals surface area contributed by atoms with E-state index in [1.807, 2.05) is 37.3 Å². The second-order valence-electron chi connectivity index (χ2n) is 4.61. The van der Waals surface area contributed by atoms with Gasteiger partial charge in [0, 0.05) is 15.1 Å². The summed E-state index contributed by atoms with van der Waals surface area (Å²) in [5.41, 5.74) is 3.16. The SMILES string of the molecule is Cc1cc(Cl)cc2c1OC(c1ccccc1Br)CN2. The van der Waals surface area contributed by atoms with Gasteiger partial charge in [-0.25, -0.2) is 0 Å². The second kappa shape index (κ2) is 5.06. The summed E-state index contributed by atoms with van der Waals surface area (Å²) in [5, 5.41) is 4.12. The number of halogens is 2. The molecule has 0 spiro atoms. The van der Waals surface area contributed by atoms with Crippen LogP contribution in [0.5, 0.6) is 5.75 Å². The number of ether oxygens (including phenoxy) is 1. The molecule has 2 aromatic carbocycles. The van der Waals surface area contributed by atoms with Crippen LogP contribution < -0.4 is 10.1 Å². The number of aryl methyl sites for hydroxylation is 1. The van der Waals surface area contributed by atoms with Crippen LogP contribution in [0.4, 0.5) is 5.69 Å². The molecule has 1 atom stereocenters. The molecule has 98 valence electrons. The minimum atomic E-state index is 0.00273. The van der Waals surface area contributed by atoms with Crippen LogP contribution in [0, 0.1) is 6.92 Å². The van der Waals surface area contributed by atoms with Crippen molar-refractivity contribution in [1.82, 2.24) is 0 Å². The van der Waals surface area contributed by atoms with Crippen molar-refractivity contribution in [3.63, 3.8) is 0 Å². The van der Waals surface area contributed by atoms with Crippen LogP contribution in [-0.4, -0.2) is 6.54 Å². The molecule has 4 heteroatoms. The summed E-state index contributed by atoms with van der Waals surface area (Å²) in [6.45, 7) is 2.74. The van der Waals surface area contributed by atoms with Gasteiger partial charge in [0.1, 0.15) is 11.9 Å². The lowest BCUT2D eigenvalue weighted by molar-refractivity contribution is 0.208. The lowest BCUT2D eigenvalue weighted by Crippen LogP contribution is -2.24. The monoisotopic (exact) mass is 337 g/mol. The Morgan fingerprint density at radius 1 is 1.32 bits per heavy atom. The number of rotatable bonds is 1. The normalized spacial score (nSPS) is 17.3. The van der Waals surface area contributed by atoms with E-state index < -0.39 is 0 Å². The summed E-state index contributed by atoms with van der Waals surface area (Å²) in [5.74, 6) is 0.886. The van der Waals surface area contributed by atoms with Gasteiger partial charge in [0.05, 0.1) is 12.2 Å². The van der Waals surface area contributed by atoms with Crippen molar-refractivity contribution >= 4 is 33.2 Å². The zero-order chi connectivity index (χ0) is 13.4. The molecule has 3 rings (SSSR count). The number of hydrogen-bond donors (Lipinski definition) is 1. The maximum Gasteiger partial charge on any atom is 0.146 e. The molecule has 1 aliphatic heterocycles. The molecule has 0 saturated carbocycles. The Hall–Kier alpha value is -1.19. The van der Waals surface area contributed by atoms with Crippen LogP contribution in [0.15, 0.2) is 40.9 Å². The van der Waals surface area contributed by atoms with Gasteiger partial charge in [-0.1, -0.05) is 45.7 Å². The van der Waals surface area contributed by atoms with E-state index in [4.69, 9.17) is 16.3 Å². The predicted molar refractivity (Wildman–Crippen MR) is 82.2 cm³/mol. The third kappa shape index (κ3) is 2.45. The first-order valence-corrected chi connectivity index (χ1v) is 7.27. The van der Waals surface area contributed by atoms with E-state index in [1.165, 1.54) is 0 Å². The Balaban J connectivity index is 1.97. The van der Waals surface area contributed by atoms with Gasteiger partial charge in [-0.3, -0.25) is 0 Å².